The molecule has 0 amide bonds. The lowest BCUT2D eigenvalue weighted by Gasteiger charge is -2.07. The lowest BCUT2D eigenvalue weighted by atomic mass is 10.3. The number of anilines is 1. The summed E-state index contributed by atoms with van der Waals surface area (Å²) in [5.74, 6) is 0. The molecule has 0 aliphatic heterocycles. The summed E-state index contributed by atoms with van der Waals surface area (Å²) in [6.07, 6.45) is 3.15. The highest BCUT2D eigenvalue weighted by Crippen LogP contribution is 2.09. The summed E-state index contributed by atoms with van der Waals surface area (Å²) in [5, 5.41) is 13.9. The molecular formula is C13H14N4O3. The minimum Gasteiger partial charge on any atom is -0.385 e. The smallest absolute Gasteiger partial charge is 0.334 e. The Bertz CT molecular complexity index is 681. The zero-order valence-electron chi connectivity index (χ0n) is 10.9. The van der Waals surface area contributed by atoms with E-state index in [1.807, 2.05) is 19.1 Å². The molecule has 0 saturated heterocycles. The highest BCUT2D eigenvalue weighted by atomic mass is 16.6. The molecule has 0 saturated carbocycles. The van der Waals surface area contributed by atoms with Crippen LogP contribution < -0.4 is 10.9 Å². The molecule has 0 bridgehead atoms. The van der Waals surface area contributed by atoms with Crippen molar-refractivity contribution in [3.05, 3.63) is 62.8 Å². The standard InChI is InChI=1S/C13H14N4O3/c1-2-14-10-5-6-15-11(8-10)9-16-7-3-4-12(13(16)18)17(19)20/h3-8H,2,9H2,1H3,(H,14,15). The van der Waals surface area contributed by atoms with Crippen LogP contribution in [-0.4, -0.2) is 21.0 Å². The van der Waals surface area contributed by atoms with Gasteiger partial charge in [0, 0.05) is 30.7 Å². The normalized spacial score (nSPS) is 10.2. The largest absolute Gasteiger partial charge is 0.385 e. The van der Waals surface area contributed by atoms with Crippen molar-refractivity contribution < 1.29 is 4.92 Å². The predicted octanol–water partition coefficient (Wildman–Crippen LogP) is 1.63. The average Bonchev–Trinajstić information content (AvgIpc) is 2.42. The molecular weight excluding hydrogens is 260 g/mol. The van der Waals surface area contributed by atoms with Crippen molar-refractivity contribution >= 4 is 11.4 Å². The number of aromatic nitrogens is 2. The summed E-state index contributed by atoms with van der Waals surface area (Å²) in [5.41, 5.74) is 0.491. The minimum absolute atomic E-state index is 0.194. The summed E-state index contributed by atoms with van der Waals surface area (Å²) >= 11 is 0. The van der Waals surface area contributed by atoms with Gasteiger partial charge in [-0.3, -0.25) is 19.9 Å². The molecule has 104 valence electrons. The number of rotatable bonds is 5. The van der Waals surface area contributed by atoms with Crippen molar-refractivity contribution in [2.24, 2.45) is 0 Å². The van der Waals surface area contributed by atoms with E-state index in [0.717, 1.165) is 12.2 Å². The summed E-state index contributed by atoms with van der Waals surface area (Å²) in [4.78, 5) is 26.1. The maximum absolute atomic E-state index is 11.9. The van der Waals surface area contributed by atoms with Gasteiger partial charge in [0.2, 0.25) is 0 Å². The van der Waals surface area contributed by atoms with Crippen LogP contribution in [0.4, 0.5) is 11.4 Å². The number of hydrogen-bond donors (Lipinski definition) is 1. The number of nitro groups is 1. The summed E-state index contributed by atoms with van der Waals surface area (Å²) in [6, 6.07) is 6.31. The van der Waals surface area contributed by atoms with Crippen LogP contribution in [-0.2, 0) is 6.54 Å². The predicted molar refractivity (Wildman–Crippen MR) is 74.9 cm³/mol. The van der Waals surface area contributed by atoms with Crippen molar-refractivity contribution in [3.63, 3.8) is 0 Å². The molecule has 7 nitrogen and oxygen atoms in total. The molecule has 2 heterocycles. The van der Waals surface area contributed by atoms with Gasteiger partial charge in [-0.15, -0.1) is 0 Å². The highest BCUT2D eigenvalue weighted by molar-refractivity contribution is 5.43. The Balaban J connectivity index is 2.31. The fourth-order valence-electron chi connectivity index (χ4n) is 1.84. The lowest BCUT2D eigenvalue weighted by molar-refractivity contribution is -0.386. The van der Waals surface area contributed by atoms with Gasteiger partial charge < -0.3 is 9.88 Å². The van der Waals surface area contributed by atoms with Crippen LogP contribution in [0, 0.1) is 10.1 Å². The van der Waals surface area contributed by atoms with Crippen LogP contribution in [0.25, 0.3) is 0 Å². The van der Waals surface area contributed by atoms with Crippen LogP contribution >= 0.6 is 0 Å². The van der Waals surface area contributed by atoms with E-state index < -0.39 is 16.2 Å². The van der Waals surface area contributed by atoms with E-state index in [1.54, 1.807) is 6.20 Å². The minimum atomic E-state index is -0.679. The molecule has 0 unspecified atom stereocenters. The Morgan fingerprint density at radius 3 is 2.95 bits per heavy atom. The van der Waals surface area contributed by atoms with E-state index in [1.165, 1.54) is 22.9 Å². The van der Waals surface area contributed by atoms with Gasteiger partial charge in [0.05, 0.1) is 17.2 Å². The summed E-state index contributed by atoms with van der Waals surface area (Å²) < 4.78 is 1.27. The third-order valence-corrected chi connectivity index (χ3v) is 2.73. The van der Waals surface area contributed by atoms with Crippen LogP contribution in [0.15, 0.2) is 41.5 Å². The van der Waals surface area contributed by atoms with Crippen molar-refractivity contribution in [2.75, 3.05) is 11.9 Å². The van der Waals surface area contributed by atoms with E-state index in [-0.39, 0.29) is 6.54 Å². The van der Waals surface area contributed by atoms with E-state index >= 15 is 0 Å². The molecule has 0 spiro atoms. The molecule has 2 aromatic rings. The second kappa shape index (κ2) is 5.96. The molecule has 0 aliphatic rings. The van der Waals surface area contributed by atoms with Crippen LogP contribution in [0.1, 0.15) is 12.6 Å². The molecule has 0 radical (unpaired) electrons. The number of hydrogen-bond acceptors (Lipinski definition) is 5. The molecule has 0 aromatic carbocycles. The van der Waals surface area contributed by atoms with E-state index in [2.05, 4.69) is 10.3 Å². The fourth-order valence-corrected chi connectivity index (χ4v) is 1.84. The quantitative estimate of drug-likeness (QED) is 0.661. The molecule has 0 atom stereocenters. The van der Waals surface area contributed by atoms with Gasteiger partial charge in [-0.25, -0.2) is 0 Å². The Kier molecular flexibility index (Phi) is 4.09. The Morgan fingerprint density at radius 2 is 2.25 bits per heavy atom. The van der Waals surface area contributed by atoms with Crippen LogP contribution in [0.5, 0.6) is 0 Å². The third-order valence-electron chi connectivity index (χ3n) is 2.73. The van der Waals surface area contributed by atoms with Gasteiger partial charge in [-0.05, 0) is 25.1 Å². The SMILES string of the molecule is CCNc1ccnc(Cn2cccc([N+](=O)[O-])c2=O)c1. The van der Waals surface area contributed by atoms with Crippen LogP contribution in [0.3, 0.4) is 0 Å². The Hall–Kier alpha value is -2.70. The average molecular weight is 274 g/mol. The molecule has 1 N–H and O–H groups in total. The molecule has 7 heteroatoms. The monoisotopic (exact) mass is 274 g/mol. The number of nitrogens with zero attached hydrogens (tertiary/aromatic N) is 3. The second-order valence-electron chi connectivity index (χ2n) is 4.15. The van der Waals surface area contributed by atoms with Gasteiger partial charge in [0.15, 0.2) is 0 Å². The number of nitrogens with one attached hydrogen (secondary N) is 1. The fraction of sp³-hybridized carbons (Fsp3) is 0.231. The molecule has 20 heavy (non-hydrogen) atoms. The Labute approximate surface area is 115 Å². The molecule has 2 rings (SSSR count). The molecule has 0 fully saturated rings. The van der Waals surface area contributed by atoms with Gasteiger partial charge in [-0.1, -0.05) is 0 Å². The first-order valence-electron chi connectivity index (χ1n) is 6.14. The van der Waals surface area contributed by atoms with Crippen molar-refractivity contribution in [1.82, 2.24) is 9.55 Å². The van der Waals surface area contributed by atoms with Crippen molar-refractivity contribution in [1.29, 1.82) is 0 Å². The first kappa shape index (κ1) is 13.7. The van der Waals surface area contributed by atoms with Gasteiger partial charge >= 0.3 is 11.2 Å². The highest BCUT2D eigenvalue weighted by Gasteiger charge is 2.13. The maximum Gasteiger partial charge on any atom is 0.334 e. The van der Waals surface area contributed by atoms with Gasteiger partial charge in [0.25, 0.3) is 0 Å². The zero-order valence-corrected chi connectivity index (χ0v) is 10.9. The van der Waals surface area contributed by atoms with Crippen molar-refractivity contribution in [2.45, 2.75) is 13.5 Å². The first-order chi connectivity index (χ1) is 9.61. The van der Waals surface area contributed by atoms with Gasteiger partial charge in [0.1, 0.15) is 0 Å². The summed E-state index contributed by atoms with van der Waals surface area (Å²) in [7, 11) is 0. The molecule has 2 aromatic heterocycles. The third kappa shape index (κ3) is 3.00. The molecule has 0 aliphatic carbocycles. The Morgan fingerprint density at radius 1 is 1.45 bits per heavy atom. The maximum atomic E-state index is 11.9. The van der Waals surface area contributed by atoms with E-state index in [9.17, 15) is 14.9 Å². The number of pyridine rings is 2. The van der Waals surface area contributed by atoms with Crippen LogP contribution in [0.2, 0.25) is 0 Å². The van der Waals surface area contributed by atoms with E-state index in [0.29, 0.717) is 5.69 Å². The van der Waals surface area contributed by atoms with E-state index in [4.69, 9.17) is 0 Å². The zero-order chi connectivity index (χ0) is 14.5. The first-order valence-corrected chi connectivity index (χ1v) is 6.14. The second-order valence-corrected chi connectivity index (χ2v) is 4.15. The topological polar surface area (TPSA) is 90.1 Å². The lowest BCUT2D eigenvalue weighted by Crippen LogP contribution is -2.22. The summed E-state index contributed by atoms with van der Waals surface area (Å²) in [6.45, 7) is 2.95. The van der Waals surface area contributed by atoms with Crippen molar-refractivity contribution in [3.8, 4) is 0 Å². The van der Waals surface area contributed by atoms with Gasteiger partial charge in [-0.2, -0.15) is 0 Å².